The number of carbonyl (C=O) groups excluding carboxylic acids is 1. The average Bonchev–Trinajstić information content (AvgIpc) is 3.50. The number of amides is 1. The number of nitrogens with one attached hydrogen (secondary N) is 1. The zero-order valence-corrected chi connectivity index (χ0v) is 18.7. The monoisotopic (exact) mass is 436 g/mol. The van der Waals surface area contributed by atoms with E-state index >= 15 is 0 Å². The van der Waals surface area contributed by atoms with Crippen molar-refractivity contribution in [1.82, 2.24) is 15.1 Å². The van der Waals surface area contributed by atoms with Crippen LogP contribution in [0.1, 0.15) is 42.0 Å². The number of allylic oxidation sites excluding steroid dienone is 1. The number of aliphatic imine (C=N–C) groups is 1. The smallest absolute Gasteiger partial charge is 0.248 e. The van der Waals surface area contributed by atoms with Crippen LogP contribution in [0.2, 0.25) is 0 Å². The van der Waals surface area contributed by atoms with E-state index in [4.69, 9.17) is 4.99 Å². The molecule has 0 aromatic heterocycles. The molecular weight excluding hydrogens is 408 g/mol. The van der Waals surface area contributed by atoms with E-state index in [0.717, 1.165) is 47.8 Å². The Labute approximate surface area is 194 Å². The molecule has 6 rings (SSSR count). The number of nitrogens with zero attached hydrogens (tertiary/aromatic N) is 3. The van der Waals surface area contributed by atoms with Crippen LogP contribution in [0, 0.1) is 0 Å². The van der Waals surface area contributed by atoms with Gasteiger partial charge in [0.15, 0.2) is 0 Å². The van der Waals surface area contributed by atoms with Gasteiger partial charge in [-0.05, 0) is 49.6 Å². The number of hydrogen-bond donors (Lipinski definition) is 1. The molecule has 1 unspecified atom stereocenters. The molecule has 5 heteroatoms. The molecule has 1 atom stereocenters. The third kappa shape index (κ3) is 3.83. The second kappa shape index (κ2) is 8.49. The van der Waals surface area contributed by atoms with E-state index in [1.165, 1.54) is 37.1 Å². The SMILES string of the molecule is O=C1C=CC2=CN=C(c3ccc(C(Cc4ccccc4)N4CCCC4)cc3)N3CCC(=C23)N1. The summed E-state index contributed by atoms with van der Waals surface area (Å²) in [6, 6.07) is 20.2. The quantitative estimate of drug-likeness (QED) is 0.760. The van der Waals surface area contributed by atoms with Crippen LogP contribution in [-0.2, 0) is 11.2 Å². The van der Waals surface area contributed by atoms with Crippen molar-refractivity contribution in [2.45, 2.75) is 31.7 Å². The molecule has 1 saturated heterocycles. The summed E-state index contributed by atoms with van der Waals surface area (Å²) in [4.78, 5) is 21.7. The molecule has 1 fully saturated rings. The molecule has 2 aromatic carbocycles. The van der Waals surface area contributed by atoms with Crippen LogP contribution in [0.15, 0.2) is 94.9 Å². The Morgan fingerprint density at radius 2 is 1.73 bits per heavy atom. The zero-order chi connectivity index (χ0) is 22.2. The topological polar surface area (TPSA) is 47.9 Å². The maximum Gasteiger partial charge on any atom is 0.248 e. The summed E-state index contributed by atoms with van der Waals surface area (Å²) in [6.45, 7) is 3.17. The number of rotatable bonds is 5. The highest BCUT2D eigenvalue weighted by Gasteiger charge is 2.33. The van der Waals surface area contributed by atoms with Gasteiger partial charge in [0, 0.05) is 48.1 Å². The van der Waals surface area contributed by atoms with Gasteiger partial charge in [-0.25, -0.2) is 4.99 Å². The summed E-state index contributed by atoms with van der Waals surface area (Å²) < 4.78 is 0. The van der Waals surface area contributed by atoms with Crippen molar-refractivity contribution in [3.05, 3.63) is 107 Å². The molecule has 0 saturated carbocycles. The first-order valence-electron chi connectivity index (χ1n) is 11.9. The van der Waals surface area contributed by atoms with Gasteiger partial charge in [0.1, 0.15) is 5.84 Å². The van der Waals surface area contributed by atoms with Crippen LogP contribution < -0.4 is 5.32 Å². The summed E-state index contributed by atoms with van der Waals surface area (Å²) >= 11 is 0. The van der Waals surface area contributed by atoms with Crippen molar-refractivity contribution in [2.24, 2.45) is 4.99 Å². The zero-order valence-electron chi connectivity index (χ0n) is 18.7. The molecule has 166 valence electrons. The molecule has 0 spiro atoms. The van der Waals surface area contributed by atoms with Gasteiger partial charge in [0.05, 0.1) is 5.70 Å². The first-order valence-corrected chi connectivity index (χ1v) is 11.9. The fraction of sp³-hybridized carbons (Fsp3) is 0.286. The van der Waals surface area contributed by atoms with Crippen LogP contribution in [0.5, 0.6) is 0 Å². The van der Waals surface area contributed by atoms with Crippen molar-refractivity contribution in [3.63, 3.8) is 0 Å². The molecule has 4 heterocycles. The van der Waals surface area contributed by atoms with Gasteiger partial charge in [0.2, 0.25) is 5.91 Å². The Hall–Kier alpha value is -3.44. The van der Waals surface area contributed by atoms with Crippen LogP contribution in [0.4, 0.5) is 0 Å². The van der Waals surface area contributed by atoms with Gasteiger partial charge < -0.3 is 10.2 Å². The molecule has 1 N–H and O–H groups in total. The minimum Gasteiger partial charge on any atom is -0.324 e. The van der Waals surface area contributed by atoms with Crippen LogP contribution in [-0.4, -0.2) is 41.2 Å². The predicted molar refractivity (Wildman–Crippen MR) is 130 cm³/mol. The number of hydrogen-bond acceptors (Lipinski definition) is 4. The summed E-state index contributed by atoms with van der Waals surface area (Å²) in [7, 11) is 0. The molecule has 33 heavy (non-hydrogen) atoms. The maximum absolute atomic E-state index is 12.0. The van der Waals surface area contributed by atoms with Crippen molar-refractivity contribution < 1.29 is 4.79 Å². The highest BCUT2D eigenvalue weighted by atomic mass is 16.1. The van der Waals surface area contributed by atoms with Crippen LogP contribution in [0.25, 0.3) is 0 Å². The third-order valence-electron chi connectivity index (χ3n) is 7.09. The lowest BCUT2D eigenvalue weighted by molar-refractivity contribution is -0.115. The van der Waals surface area contributed by atoms with E-state index in [9.17, 15) is 4.79 Å². The second-order valence-electron chi connectivity index (χ2n) is 9.16. The standard InChI is InChI=1S/C28H28N4O/c33-26-13-12-23-19-29-28(32-17-14-24(30-26)27(23)32)22-10-8-21(9-11-22)25(31-15-4-5-16-31)18-20-6-2-1-3-7-20/h1-3,6-13,19,25H,4-5,14-18H2,(H,30,33). The van der Waals surface area contributed by atoms with Gasteiger partial charge in [-0.15, -0.1) is 0 Å². The summed E-state index contributed by atoms with van der Waals surface area (Å²) in [5, 5.41) is 3.03. The Balaban J connectivity index is 1.29. The van der Waals surface area contributed by atoms with Crippen molar-refractivity contribution >= 4 is 11.7 Å². The summed E-state index contributed by atoms with van der Waals surface area (Å²) in [5.41, 5.74) is 6.94. The van der Waals surface area contributed by atoms with E-state index in [0.29, 0.717) is 6.04 Å². The molecule has 0 bridgehead atoms. The van der Waals surface area contributed by atoms with Crippen molar-refractivity contribution in [3.8, 4) is 0 Å². The molecule has 0 aliphatic carbocycles. The Morgan fingerprint density at radius 1 is 0.939 bits per heavy atom. The molecular formula is C28H28N4O. The van der Waals surface area contributed by atoms with E-state index in [1.54, 1.807) is 6.08 Å². The van der Waals surface area contributed by atoms with E-state index in [1.807, 2.05) is 12.3 Å². The molecule has 1 amide bonds. The number of likely N-dealkylation sites (tertiary alicyclic amines) is 1. The largest absolute Gasteiger partial charge is 0.324 e. The molecule has 4 aliphatic rings. The highest BCUT2D eigenvalue weighted by molar-refractivity contribution is 6.02. The number of carbonyl (C=O) groups is 1. The Bertz CT molecular complexity index is 1180. The lowest BCUT2D eigenvalue weighted by Crippen LogP contribution is -2.31. The first kappa shape index (κ1) is 20.2. The van der Waals surface area contributed by atoms with Gasteiger partial charge in [-0.2, -0.15) is 0 Å². The van der Waals surface area contributed by atoms with Crippen molar-refractivity contribution in [2.75, 3.05) is 19.6 Å². The normalized spacial score (nSPS) is 20.8. The highest BCUT2D eigenvalue weighted by Crippen LogP contribution is 2.35. The minimum atomic E-state index is -0.0630. The van der Waals surface area contributed by atoms with Gasteiger partial charge in [-0.1, -0.05) is 54.6 Å². The van der Waals surface area contributed by atoms with Crippen molar-refractivity contribution in [1.29, 1.82) is 0 Å². The molecule has 4 aliphatic heterocycles. The molecule has 0 radical (unpaired) electrons. The van der Waals surface area contributed by atoms with E-state index < -0.39 is 0 Å². The summed E-state index contributed by atoms with van der Waals surface area (Å²) in [6.07, 6.45) is 9.76. The fourth-order valence-corrected chi connectivity index (χ4v) is 5.45. The first-order chi connectivity index (χ1) is 16.3. The molecule has 5 nitrogen and oxygen atoms in total. The minimum absolute atomic E-state index is 0.0630. The maximum atomic E-state index is 12.0. The fourth-order valence-electron chi connectivity index (χ4n) is 5.45. The predicted octanol–water partition coefficient (Wildman–Crippen LogP) is 4.31. The van der Waals surface area contributed by atoms with Crippen LogP contribution >= 0.6 is 0 Å². The van der Waals surface area contributed by atoms with Gasteiger partial charge in [-0.3, -0.25) is 9.69 Å². The average molecular weight is 437 g/mol. The second-order valence-corrected chi connectivity index (χ2v) is 9.16. The Kier molecular flexibility index (Phi) is 5.19. The third-order valence-corrected chi connectivity index (χ3v) is 7.09. The number of benzene rings is 2. The number of amidine groups is 1. The lowest BCUT2D eigenvalue weighted by atomic mass is 9.96. The van der Waals surface area contributed by atoms with Gasteiger partial charge in [0.25, 0.3) is 0 Å². The lowest BCUT2D eigenvalue weighted by Gasteiger charge is -2.30. The van der Waals surface area contributed by atoms with Gasteiger partial charge >= 0.3 is 0 Å². The Morgan fingerprint density at radius 3 is 2.52 bits per heavy atom. The van der Waals surface area contributed by atoms with Crippen LogP contribution in [0.3, 0.4) is 0 Å². The van der Waals surface area contributed by atoms with E-state index in [-0.39, 0.29) is 5.91 Å². The summed E-state index contributed by atoms with van der Waals surface area (Å²) in [5.74, 6) is 0.896. The van der Waals surface area contributed by atoms with E-state index in [2.05, 4.69) is 69.7 Å². The molecule has 2 aromatic rings.